The van der Waals surface area contributed by atoms with Crippen LogP contribution in [0.15, 0.2) is 268 Å². The molecule has 3 atom stereocenters. The molecule has 45 heteroatoms. The summed E-state index contributed by atoms with van der Waals surface area (Å²) in [6.07, 6.45) is -13.5. The van der Waals surface area contributed by atoms with Gasteiger partial charge in [0.25, 0.3) is 6.47 Å². The second-order valence-electron chi connectivity index (χ2n) is 30.7. The van der Waals surface area contributed by atoms with Gasteiger partial charge in [0.1, 0.15) is 19.7 Å². The number of benzene rings is 6. The summed E-state index contributed by atoms with van der Waals surface area (Å²) in [6, 6.07) is 50.3. The van der Waals surface area contributed by atoms with Crippen LogP contribution in [-0.4, -0.2) is 59.0 Å². The summed E-state index contributed by atoms with van der Waals surface area (Å²) < 4.78 is 230. The number of nitrogens with zero attached hydrogens (tertiary/aromatic N) is 10. The van der Waals surface area contributed by atoms with Gasteiger partial charge in [-0.1, -0.05) is 156 Å². The van der Waals surface area contributed by atoms with Crippen LogP contribution in [0, 0.1) is 45.1 Å². The summed E-state index contributed by atoms with van der Waals surface area (Å²) in [5.41, 5.74) is 19.4. The monoisotopic (exact) mass is 2580 g/mol. The van der Waals surface area contributed by atoms with Gasteiger partial charge < -0.3 is 35.6 Å². The van der Waals surface area contributed by atoms with E-state index in [-0.39, 0.29) is 60.2 Å². The van der Waals surface area contributed by atoms with Gasteiger partial charge in [0.15, 0.2) is 21.8 Å². The van der Waals surface area contributed by atoms with E-state index in [1.165, 1.54) is 39.5 Å². The zero-order chi connectivity index (χ0) is 106. The molecule has 0 aliphatic carbocycles. The molecule has 15 rings (SSSR count). The molecule has 0 amide bonds. The standard InChI is InChI=1S/3C17H14BrF3N2O.C16H14F3N.C14H11BrF3N.C7H6BrI.C6H5F3N2.C3H6.CHBr2NO.CH2O3.Na/c3*1-10-2-3-11(15-8-16(18)23-24-15)6-12(10)7-14-5-4-13(9-22-14)17(19,20)21;1-3-12-5-4-11(2)13(8-12)9-15-7-6-14(10-20-15)16(17,18)19;1-9-2-4-12(15)6-10(9)7-13-5-3-11(8-19-13)14(16,17)18;1-5-2-3-6(8)4-7(5)9;7-6(8,9)4-1-2-5(10)11-3-4;1-3-2;2-1(3)4-5;2-1-4-3;/h3*2-6,9,15H,7-8H2,1H3;3-8,10H,1,9H2,2H3;2-6,8H,7H2,1H3;2-4H,1H3;1-3H,(H2,10,11);3H,1H2,2H3;5H;1,3H;/q;;;;;;;;;;+1/p-1/t2*15-;;;;;;;;;/m10........./s1. The number of aromatic nitrogens is 6. The number of carbonyl (C=O) groups is 1. The predicted octanol–water partition coefficient (Wildman–Crippen LogP) is 28.1. The van der Waals surface area contributed by atoms with Crippen molar-refractivity contribution in [3.8, 4) is 0 Å². The Morgan fingerprint density at radius 3 is 0.854 bits per heavy atom. The molecule has 3 N–H and O–H groups in total. The van der Waals surface area contributed by atoms with E-state index in [1.807, 2.05) is 133 Å². The number of hydrogen-bond acceptors (Lipinski definition) is 18. The van der Waals surface area contributed by atoms with Crippen molar-refractivity contribution in [2.45, 2.75) is 155 Å². The first-order valence-electron chi connectivity index (χ1n) is 41.6. The Labute approximate surface area is 912 Å². The Bertz CT molecular complexity index is 5960. The van der Waals surface area contributed by atoms with Crippen molar-refractivity contribution in [3.63, 3.8) is 0 Å². The van der Waals surface area contributed by atoms with Gasteiger partial charge in [-0.15, -0.1) is 6.58 Å². The molecular formula is C99H86Br7F18IN11NaO7. The quantitative estimate of drug-likeness (QED) is 0.0111. The van der Waals surface area contributed by atoms with E-state index in [9.17, 15) is 79.0 Å². The molecule has 0 saturated heterocycles. The maximum Gasteiger partial charge on any atom is 1.00 e. The third kappa shape index (κ3) is 44.0. The first-order chi connectivity index (χ1) is 67.0. The van der Waals surface area contributed by atoms with Gasteiger partial charge in [0.2, 0.25) is 0 Å². The van der Waals surface area contributed by atoms with Gasteiger partial charge in [0, 0.05) is 130 Å². The van der Waals surface area contributed by atoms with Crippen LogP contribution < -0.4 is 40.5 Å². The second-order valence-corrected chi connectivity index (χ2v) is 39.0. The summed E-state index contributed by atoms with van der Waals surface area (Å²) in [5, 5.41) is 30.3. The maximum absolute atomic E-state index is 12.6. The van der Waals surface area contributed by atoms with Crippen LogP contribution in [0.2, 0.25) is 0 Å². The van der Waals surface area contributed by atoms with Crippen molar-refractivity contribution in [2.75, 3.05) is 5.73 Å². The normalized spacial score (nSPS) is 13.8. The minimum Gasteiger partial charge on any atom is -0.662 e. The van der Waals surface area contributed by atoms with Crippen LogP contribution in [0.1, 0.15) is 190 Å². The van der Waals surface area contributed by atoms with Crippen LogP contribution in [0.3, 0.4) is 0 Å². The number of carbonyl (C=O) groups excluding carboxylic acids is 1. The fourth-order valence-corrected chi connectivity index (χ4v) is 15.1. The number of anilines is 1. The Balaban J connectivity index is 0.000000294. The third-order valence-electron chi connectivity index (χ3n) is 20.0. The fraction of sp³-hybridized carbons (Fsp3) is 0.242. The maximum atomic E-state index is 12.6. The molecule has 144 heavy (non-hydrogen) atoms. The Kier molecular flexibility index (Phi) is 51.8. The Hall–Kier alpha value is -9.36. The molecule has 12 aromatic rings. The van der Waals surface area contributed by atoms with Gasteiger partial charge in [-0.25, -0.2) is 4.98 Å². The van der Waals surface area contributed by atoms with Gasteiger partial charge in [-0.2, -0.15) is 79.0 Å². The number of aryl methyl sites for hydroxylation is 6. The average molecular weight is 2590 g/mol. The topological polar surface area (TPSA) is 250 Å². The SMILES string of the molecule is C=CC.C=Cc1ccc(C)c(Cc2ccc(C(F)(F)F)cn2)c1.Cc1ccc(Br)cc1Cc1ccc(C(F)(F)F)cn1.Cc1ccc(Br)cc1I.Cc1ccc(C2CC(Br)=NO2)cc1Cc1ccc(C(F)(F)F)cn1.Cc1ccc([C@@H]2CC(Br)=NO2)cc1Cc1ccc(C(F)(F)F)cn1.Cc1ccc([C@H]2CC(Br)=NO2)cc1Cc1ccc(C(F)(F)F)cn1.Nc1ccc(C(F)(F)F)cn1.O=CO[O-].ON=C(Br)Br.[Na+]. The van der Waals surface area contributed by atoms with Crippen LogP contribution in [-0.2, 0) is 93.4 Å². The molecule has 6 aromatic carbocycles. The molecule has 18 nitrogen and oxygen atoms in total. The Morgan fingerprint density at radius 2 is 0.646 bits per heavy atom. The molecule has 3 aliphatic heterocycles. The van der Waals surface area contributed by atoms with E-state index in [1.54, 1.807) is 12.2 Å². The van der Waals surface area contributed by atoms with Crippen molar-refractivity contribution >= 4 is 170 Å². The minimum atomic E-state index is -4.37. The number of oxime groups is 4. The number of nitrogen functional groups attached to an aromatic ring is 1. The van der Waals surface area contributed by atoms with Crippen LogP contribution in [0.4, 0.5) is 84.8 Å². The van der Waals surface area contributed by atoms with Crippen molar-refractivity contribution in [1.29, 1.82) is 0 Å². The van der Waals surface area contributed by atoms with E-state index < -0.39 is 70.4 Å². The molecule has 1 unspecified atom stereocenters. The number of hydrogen-bond donors (Lipinski definition) is 2. The van der Waals surface area contributed by atoms with E-state index in [4.69, 9.17) is 35.5 Å². The van der Waals surface area contributed by atoms with E-state index in [2.05, 4.69) is 228 Å². The summed E-state index contributed by atoms with van der Waals surface area (Å²) in [6.45, 7) is 20.7. The van der Waals surface area contributed by atoms with Crippen molar-refractivity contribution in [1.82, 2.24) is 29.9 Å². The number of allylic oxidation sites excluding steroid dienone is 1. The molecule has 0 bridgehead atoms. The van der Waals surface area contributed by atoms with E-state index >= 15 is 0 Å². The number of rotatable bonds is 15. The third-order valence-corrected chi connectivity index (χ3v) is 23.9. The summed E-state index contributed by atoms with van der Waals surface area (Å²) >= 11 is 24.6. The van der Waals surface area contributed by atoms with Gasteiger partial charge in [0.05, 0.1) is 33.4 Å². The first kappa shape index (κ1) is 125. The van der Waals surface area contributed by atoms with E-state index in [0.29, 0.717) is 89.6 Å². The molecule has 3 aliphatic rings. The molecule has 0 saturated carbocycles. The van der Waals surface area contributed by atoms with Crippen molar-refractivity contribution in [2.24, 2.45) is 20.6 Å². The van der Waals surface area contributed by atoms with Gasteiger partial charge >= 0.3 is 66.6 Å². The summed E-state index contributed by atoms with van der Waals surface area (Å²) in [5.74, 6) is 0.0815. The van der Waals surface area contributed by atoms with Crippen LogP contribution >= 0.6 is 134 Å². The Morgan fingerprint density at radius 1 is 0.410 bits per heavy atom. The summed E-state index contributed by atoms with van der Waals surface area (Å²) in [7, 11) is 0. The second kappa shape index (κ2) is 59.6. The zero-order valence-electron chi connectivity index (χ0n) is 77.1. The average Bonchev–Trinajstić information content (AvgIpc) is 1.52. The summed E-state index contributed by atoms with van der Waals surface area (Å²) in [4.78, 5) is 50.2. The van der Waals surface area contributed by atoms with Crippen LogP contribution in [0.25, 0.3) is 6.08 Å². The van der Waals surface area contributed by atoms with Crippen molar-refractivity contribution < 1.29 is 143 Å². The van der Waals surface area contributed by atoms with Crippen LogP contribution in [0.5, 0.6) is 0 Å². The number of alkyl halides is 18. The van der Waals surface area contributed by atoms with E-state index in [0.717, 1.165) is 174 Å². The van der Waals surface area contributed by atoms with Gasteiger partial charge in [-0.3, -0.25) is 29.7 Å². The predicted molar refractivity (Wildman–Crippen MR) is 544 cm³/mol. The number of pyridine rings is 6. The smallest absolute Gasteiger partial charge is 0.662 e. The first-order valence-corrected chi connectivity index (χ1v) is 48.2. The number of nitrogens with two attached hydrogens (primary N) is 1. The largest absolute Gasteiger partial charge is 1.00 e. The zero-order valence-corrected chi connectivity index (χ0v) is 92.4. The molecule has 0 fully saturated rings. The molecule has 762 valence electrons. The molecule has 6 aromatic heterocycles. The fourth-order valence-electron chi connectivity index (χ4n) is 12.3. The molecular weight excluding hydrogens is 2510 g/mol. The minimum absolute atomic E-state index is 0. The molecule has 9 heterocycles. The molecule has 0 radical (unpaired) electrons. The number of halogens is 26. The van der Waals surface area contributed by atoms with Crippen molar-refractivity contribution in [3.05, 3.63) is 396 Å². The molecule has 0 spiro atoms. The van der Waals surface area contributed by atoms with Gasteiger partial charge in [-0.05, 0) is 331 Å².